The van der Waals surface area contributed by atoms with Gasteiger partial charge in [-0.3, -0.25) is 0 Å². The monoisotopic (exact) mass is 322 g/mol. The summed E-state index contributed by atoms with van der Waals surface area (Å²) >= 11 is 11.0. The lowest BCUT2D eigenvalue weighted by molar-refractivity contribution is -0.137. The summed E-state index contributed by atoms with van der Waals surface area (Å²) < 4.78 is 40.8. The first kappa shape index (κ1) is 16.7. The Bertz CT molecular complexity index is 556. The summed E-state index contributed by atoms with van der Waals surface area (Å²) in [6, 6.07) is 12.3. The Kier molecular flexibility index (Phi) is 6.17. The van der Waals surface area contributed by atoms with Crippen LogP contribution in [0.15, 0.2) is 48.5 Å². The Morgan fingerprint density at radius 2 is 1.35 bits per heavy atom. The van der Waals surface area contributed by atoms with Crippen molar-refractivity contribution in [2.75, 3.05) is 7.11 Å². The van der Waals surface area contributed by atoms with Gasteiger partial charge in [0.15, 0.2) is 0 Å². The van der Waals surface area contributed by atoms with Crippen molar-refractivity contribution in [2.45, 2.75) is 6.18 Å². The van der Waals surface area contributed by atoms with Gasteiger partial charge in [0.25, 0.3) is 0 Å². The minimum Gasteiger partial charge on any atom is -0.495 e. The van der Waals surface area contributed by atoms with E-state index in [1.165, 1.54) is 18.2 Å². The zero-order valence-corrected chi connectivity index (χ0v) is 11.9. The molecule has 0 heterocycles. The molecule has 0 aliphatic heterocycles. The summed E-state index contributed by atoms with van der Waals surface area (Å²) in [5.41, 5.74) is -0.790. The Morgan fingerprint density at radius 1 is 0.850 bits per heavy atom. The smallest absolute Gasteiger partial charge is 0.417 e. The molecule has 0 N–H and O–H groups in total. The van der Waals surface area contributed by atoms with Gasteiger partial charge >= 0.3 is 6.18 Å². The number of hydrogen-bond donors (Lipinski definition) is 0. The SMILES string of the molecule is COc1ccccc1Cl.FC(F)(F)c1ccccc1Cl. The second-order valence-electron chi connectivity index (χ2n) is 3.61. The maximum atomic E-state index is 12.0. The highest BCUT2D eigenvalue weighted by Gasteiger charge is 2.32. The van der Waals surface area contributed by atoms with E-state index in [0.717, 1.165) is 11.8 Å². The van der Waals surface area contributed by atoms with E-state index in [1.807, 2.05) is 18.2 Å². The lowest BCUT2D eigenvalue weighted by Gasteiger charge is -2.06. The molecule has 0 saturated heterocycles. The zero-order valence-electron chi connectivity index (χ0n) is 10.4. The highest BCUT2D eigenvalue weighted by molar-refractivity contribution is 6.32. The largest absolute Gasteiger partial charge is 0.495 e. The van der Waals surface area contributed by atoms with Crippen LogP contribution in [-0.4, -0.2) is 7.11 Å². The van der Waals surface area contributed by atoms with E-state index in [9.17, 15) is 13.2 Å². The number of benzene rings is 2. The van der Waals surface area contributed by atoms with Gasteiger partial charge in [-0.1, -0.05) is 47.5 Å². The molecule has 2 aromatic carbocycles. The van der Waals surface area contributed by atoms with Gasteiger partial charge < -0.3 is 4.74 Å². The van der Waals surface area contributed by atoms with Crippen LogP contribution < -0.4 is 4.74 Å². The van der Waals surface area contributed by atoms with Crippen molar-refractivity contribution in [1.29, 1.82) is 0 Å². The summed E-state index contributed by atoms with van der Waals surface area (Å²) in [6.07, 6.45) is -4.35. The number of para-hydroxylation sites is 1. The molecule has 0 spiro atoms. The lowest BCUT2D eigenvalue weighted by Crippen LogP contribution is -2.04. The molecule has 0 atom stereocenters. The zero-order chi connectivity index (χ0) is 15.2. The molecule has 0 fully saturated rings. The maximum absolute atomic E-state index is 12.0. The number of methoxy groups -OCH3 is 1. The van der Waals surface area contributed by atoms with E-state index in [0.29, 0.717) is 5.02 Å². The van der Waals surface area contributed by atoms with Crippen molar-refractivity contribution in [2.24, 2.45) is 0 Å². The average molecular weight is 323 g/mol. The van der Waals surface area contributed by atoms with Crippen LogP contribution in [0.4, 0.5) is 13.2 Å². The molecule has 108 valence electrons. The fourth-order valence-corrected chi connectivity index (χ4v) is 1.76. The molecule has 2 rings (SSSR count). The van der Waals surface area contributed by atoms with Gasteiger partial charge in [0.1, 0.15) is 5.75 Å². The van der Waals surface area contributed by atoms with E-state index >= 15 is 0 Å². The summed E-state index contributed by atoms with van der Waals surface area (Å²) in [6.45, 7) is 0. The third kappa shape index (κ3) is 4.94. The van der Waals surface area contributed by atoms with E-state index in [2.05, 4.69) is 0 Å². The number of hydrogen-bond acceptors (Lipinski definition) is 1. The Balaban J connectivity index is 0.000000204. The number of halogens is 5. The second-order valence-corrected chi connectivity index (χ2v) is 4.43. The number of alkyl halides is 3. The van der Waals surface area contributed by atoms with Crippen LogP contribution in [0.1, 0.15) is 5.56 Å². The molecular formula is C14H11Cl2F3O. The predicted molar refractivity (Wildman–Crippen MR) is 74.5 cm³/mol. The number of rotatable bonds is 1. The van der Waals surface area contributed by atoms with Gasteiger partial charge in [-0.25, -0.2) is 0 Å². The minimum absolute atomic E-state index is 0.264. The van der Waals surface area contributed by atoms with Crippen molar-refractivity contribution in [3.05, 3.63) is 64.1 Å². The van der Waals surface area contributed by atoms with Gasteiger partial charge in [0, 0.05) is 0 Å². The fraction of sp³-hybridized carbons (Fsp3) is 0.143. The summed E-state index contributed by atoms with van der Waals surface area (Å²) in [4.78, 5) is 0. The quantitative estimate of drug-likeness (QED) is 0.653. The fourth-order valence-electron chi connectivity index (χ4n) is 1.30. The molecule has 0 aliphatic rings. The highest BCUT2D eigenvalue weighted by Crippen LogP contribution is 2.33. The highest BCUT2D eigenvalue weighted by atomic mass is 35.5. The van der Waals surface area contributed by atoms with E-state index in [4.69, 9.17) is 27.9 Å². The van der Waals surface area contributed by atoms with Crippen LogP contribution in [0.5, 0.6) is 5.75 Å². The normalized spacial score (nSPS) is 10.5. The molecule has 1 nitrogen and oxygen atoms in total. The minimum atomic E-state index is -4.35. The Hall–Kier alpha value is -1.39. The van der Waals surface area contributed by atoms with Crippen molar-refractivity contribution in [3.8, 4) is 5.75 Å². The second kappa shape index (κ2) is 7.41. The molecule has 2 aromatic rings. The van der Waals surface area contributed by atoms with E-state index in [1.54, 1.807) is 13.2 Å². The van der Waals surface area contributed by atoms with Crippen LogP contribution in [-0.2, 0) is 6.18 Å². The molecular weight excluding hydrogens is 312 g/mol. The van der Waals surface area contributed by atoms with Gasteiger partial charge in [-0.05, 0) is 24.3 Å². The Labute approximate surface area is 124 Å². The summed E-state index contributed by atoms with van der Waals surface area (Å²) in [5, 5.41) is 0.389. The lowest BCUT2D eigenvalue weighted by atomic mass is 10.2. The molecule has 6 heteroatoms. The molecule has 20 heavy (non-hydrogen) atoms. The van der Waals surface area contributed by atoms with Gasteiger partial charge in [-0.2, -0.15) is 13.2 Å². The first-order chi connectivity index (χ1) is 9.36. The van der Waals surface area contributed by atoms with Crippen molar-refractivity contribution < 1.29 is 17.9 Å². The van der Waals surface area contributed by atoms with Crippen LogP contribution in [0.2, 0.25) is 10.0 Å². The van der Waals surface area contributed by atoms with Gasteiger partial charge in [0.05, 0.1) is 22.7 Å². The Morgan fingerprint density at radius 3 is 1.70 bits per heavy atom. The average Bonchev–Trinajstić information content (AvgIpc) is 2.39. The molecule has 0 radical (unpaired) electrons. The van der Waals surface area contributed by atoms with Crippen LogP contribution >= 0.6 is 23.2 Å². The standard InChI is InChI=1S/C7H4ClF3.C7H7ClO/c8-6-4-2-1-3-5(6)7(9,10)11;1-9-7-5-3-2-4-6(7)8/h1-4H;2-5H,1H3. The molecule has 0 aromatic heterocycles. The summed E-state index contributed by atoms with van der Waals surface area (Å²) in [7, 11) is 1.60. The van der Waals surface area contributed by atoms with Crippen molar-refractivity contribution in [1.82, 2.24) is 0 Å². The molecule has 0 amide bonds. The third-order valence-electron chi connectivity index (χ3n) is 2.24. The third-order valence-corrected chi connectivity index (χ3v) is 2.88. The first-order valence-electron chi connectivity index (χ1n) is 5.46. The van der Waals surface area contributed by atoms with Gasteiger partial charge in [0.2, 0.25) is 0 Å². The number of ether oxygens (including phenoxy) is 1. The van der Waals surface area contributed by atoms with E-state index < -0.39 is 11.7 Å². The van der Waals surface area contributed by atoms with E-state index in [-0.39, 0.29) is 5.02 Å². The maximum Gasteiger partial charge on any atom is 0.417 e. The molecule has 0 aliphatic carbocycles. The van der Waals surface area contributed by atoms with Crippen LogP contribution in [0.3, 0.4) is 0 Å². The first-order valence-corrected chi connectivity index (χ1v) is 6.22. The van der Waals surface area contributed by atoms with Crippen molar-refractivity contribution in [3.63, 3.8) is 0 Å². The van der Waals surface area contributed by atoms with Gasteiger partial charge in [-0.15, -0.1) is 0 Å². The van der Waals surface area contributed by atoms with Crippen molar-refractivity contribution >= 4 is 23.2 Å². The molecule has 0 bridgehead atoms. The molecule has 0 unspecified atom stereocenters. The van der Waals surface area contributed by atoms with Crippen LogP contribution in [0, 0.1) is 0 Å². The molecule has 0 saturated carbocycles. The predicted octanol–water partition coefficient (Wildman–Crippen LogP) is 5.71. The topological polar surface area (TPSA) is 9.23 Å². The summed E-state index contributed by atoms with van der Waals surface area (Å²) in [5.74, 6) is 0.721. The van der Waals surface area contributed by atoms with Crippen LogP contribution in [0.25, 0.3) is 0 Å².